The normalized spacial score (nSPS) is 10.0. The first-order valence-electron chi connectivity index (χ1n) is 5.07. The molecule has 0 spiro atoms. The molecule has 0 N–H and O–H groups in total. The van der Waals surface area contributed by atoms with Gasteiger partial charge in [-0.3, -0.25) is 4.79 Å². The van der Waals surface area contributed by atoms with Gasteiger partial charge in [-0.2, -0.15) is 0 Å². The number of carbonyl (C=O) groups excluding carboxylic acids is 1. The second kappa shape index (κ2) is 5.10. The minimum atomic E-state index is -0.0693. The molecule has 1 heterocycles. The van der Waals surface area contributed by atoms with Crippen LogP contribution >= 0.6 is 15.9 Å². The fourth-order valence-corrected chi connectivity index (χ4v) is 1.74. The summed E-state index contributed by atoms with van der Waals surface area (Å²) in [6.45, 7) is 1.49. The number of nitrogens with zero attached hydrogens (tertiary/aromatic N) is 1. The first-order chi connectivity index (χ1) is 8.18. The fraction of sp³-hybridized carbons (Fsp3) is 0.0769. The number of ether oxygens (including phenoxy) is 1. The van der Waals surface area contributed by atoms with Crippen LogP contribution in [0, 0.1) is 0 Å². The van der Waals surface area contributed by atoms with Crippen LogP contribution in [-0.4, -0.2) is 10.8 Å². The van der Waals surface area contributed by atoms with Crippen molar-refractivity contribution >= 4 is 21.7 Å². The lowest BCUT2D eigenvalue weighted by Crippen LogP contribution is -1.99. The smallest absolute Gasteiger partial charge is 0.230 e. The lowest BCUT2D eigenvalue weighted by atomic mass is 10.2. The Kier molecular flexibility index (Phi) is 3.54. The predicted molar refractivity (Wildman–Crippen MR) is 68.5 cm³/mol. The maximum atomic E-state index is 11.4. The number of hydrogen-bond donors (Lipinski definition) is 0. The Hall–Kier alpha value is -1.68. The van der Waals surface area contributed by atoms with Crippen molar-refractivity contribution in [3.8, 4) is 11.6 Å². The molecule has 4 heteroatoms. The number of ketones is 1. The van der Waals surface area contributed by atoms with Crippen LogP contribution in [0.1, 0.15) is 17.3 Å². The van der Waals surface area contributed by atoms with E-state index in [1.807, 2.05) is 24.3 Å². The van der Waals surface area contributed by atoms with Gasteiger partial charge in [-0.25, -0.2) is 4.98 Å². The van der Waals surface area contributed by atoms with Crippen LogP contribution in [0.4, 0.5) is 0 Å². The van der Waals surface area contributed by atoms with Crippen LogP contribution < -0.4 is 4.74 Å². The molecule has 3 nitrogen and oxygen atoms in total. The van der Waals surface area contributed by atoms with Gasteiger partial charge in [0.1, 0.15) is 5.75 Å². The van der Waals surface area contributed by atoms with E-state index in [4.69, 9.17) is 4.74 Å². The molecule has 86 valence electrons. The van der Waals surface area contributed by atoms with Crippen molar-refractivity contribution in [1.82, 2.24) is 4.98 Å². The number of hydrogen-bond acceptors (Lipinski definition) is 3. The molecule has 17 heavy (non-hydrogen) atoms. The van der Waals surface area contributed by atoms with Crippen molar-refractivity contribution in [2.45, 2.75) is 6.92 Å². The van der Waals surface area contributed by atoms with Crippen LogP contribution in [0.2, 0.25) is 0 Å². The first-order valence-corrected chi connectivity index (χ1v) is 5.86. The summed E-state index contributed by atoms with van der Waals surface area (Å²) in [6, 6.07) is 10.8. The molecule has 0 aliphatic rings. The average molecular weight is 292 g/mol. The number of halogens is 1. The van der Waals surface area contributed by atoms with Gasteiger partial charge in [-0.1, -0.05) is 12.1 Å². The highest BCUT2D eigenvalue weighted by Crippen LogP contribution is 2.29. The Balaban J connectivity index is 2.37. The van der Waals surface area contributed by atoms with E-state index in [0.717, 1.165) is 4.47 Å². The van der Waals surface area contributed by atoms with Crippen molar-refractivity contribution in [3.05, 3.63) is 52.6 Å². The highest BCUT2D eigenvalue weighted by Gasteiger charge is 2.11. The predicted octanol–water partition coefficient (Wildman–Crippen LogP) is 3.84. The fourth-order valence-electron chi connectivity index (χ4n) is 1.37. The molecule has 0 bridgehead atoms. The zero-order valence-electron chi connectivity index (χ0n) is 9.18. The summed E-state index contributed by atoms with van der Waals surface area (Å²) in [5.74, 6) is 0.890. The molecule has 0 saturated carbocycles. The van der Waals surface area contributed by atoms with Crippen LogP contribution in [0.3, 0.4) is 0 Å². The number of rotatable bonds is 3. The van der Waals surface area contributed by atoms with Gasteiger partial charge in [-0.15, -0.1) is 0 Å². The Bertz CT molecular complexity index is 555. The molecule has 0 unspecified atom stereocenters. The van der Waals surface area contributed by atoms with Gasteiger partial charge in [0, 0.05) is 6.20 Å². The van der Waals surface area contributed by atoms with E-state index < -0.39 is 0 Å². The second-order valence-corrected chi connectivity index (χ2v) is 4.30. The van der Waals surface area contributed by atoms with Gasteiger partial charge in [0.15, 0.2) is 5.78 Å². The number of Topliss-reactive ketones (excluding diaryl/α,β-unsaturated/α-hetero) is 1. The van der Waals surface area contributed by atoms with Crippen molar-refractivity contribution < 1.29 is 9.53 Å². The standard InChI is InChI=1S/C13H10BrNO2/c1-9(16)10-5-4-8-15-13(10)17-12-7-3-2-6-11(12)14/h2-8H,1H3. The summed E-state index contributed by atoms with van der Waals surface area (Å²) in [6.07, 6.45) is 1.60. The van der Waals surface area contributed by atoms with Gasteiger partial charge in [-0.05, 0) is 47.1 Å². The zero-order valence-corrected chi connectivity index (χ0v) is 10.8. The van der Waals surface area contributed by atoms with Crippen molar-refractivity contribution in [1.29, 1.82) is 0 Å². The van der Waals surface area contributed by atoms with Gasteiger partial charge in [0.2, 0.25) is 5.88 Å². The molecule has 0 atom stereocenters. The molecule has 0 aliphatic heterocycles. The average Bonchev–Trinajstić information content (AvgIpc) is 2.32. The number of aromatic nitrogens is 1. The minimum Gasteiger partial charge on any atom is -0.437 e. The number of carbonyl (C=O) groups is 1. The lowest BCUT2D eigenvalue weighted by Gasteiger charge is -2.08. The van der Waals surface area contributed by atoms with Gasteiger partial charge in [0.25, 0.3) is 0 Å². The Morgan fingerprint density at radius 2 is 2.00 bits per heavy atom. The van der Waals surface area contributed by atoms with E-state index in [2.05, 4.69) is 20.9 Å². The van der Waals surface area contributed by atoms with E-state index >= 15 is 0 Å². The third-order valence-corrected chi connectivity index (χ3v) is 2.85. The molecular weight excluding hydrogens is 282 g/mol. The highest BCUT2D eigenvalue weighted by molar-refractivity contribution is 9.10. The van der Waals surface area contributed by atoms with E-state index in [0.29, 0.717) is 17.2 Å². The van der Waals surface area contributed by atoms with Crippen molar-refractivity contribution in [3.63, 3.8) is 0 Å². The molecular formula is C13H10BrNO2. The lowest BCUT2D eigenvalue weighted by molar-refractivity contribution is 0.101. The van der Waals surface area contributed by atoms with Crippen LogP contribution in [0.5, 0.6) is 11.6 Å². The third kappa shape index (κ3) is 2.71. The van der Waals surface area contributed by atoms with Gasteiger partial charge >= 0.3 is 0 Å². The summed E-state index contributed by atoms with van der Waals surface area (Å²) in [7, 11) is 0. The van der Waals surface area contributed by atoms with Crippen LogP contribution in [-0.2, 0) is 0 Å². The van der Waals surface area contributed by atoms with Gasteiger partial charge < -0.3 is 4.74 Å². The van der Waals surface area contributed by atoms with E-state index in [1.54, 1.807) is 18.3 Å². The number of pyridine rings is 1. The van der Waals surface area contributed by atoms with Crippen LogP contribution in [0.25, 0.3) is 0 Å². The molecule has 0 saturated heterocycles. The summed E-state index contributed by atoms with van der Waals surface area (Å²) < 4.78 is 6.44. The Morgan fingerprint density at radius 3 is 2.71 bits per heavy atom. The quantitative estimate of drug-likeness (QED) is 0.807. The second-order valence-electron chi connectivity index (χ2n) is 3.44. The SMILES string of the molecule is CC(=O)c1cccnc1Oc1ccccc1Br. The van der Waals surface area contributed by atoms with Crippen molar-refractivity contribution in [2.24, 2.45) is 0 Å². The Labute approximate surface area is 108 Å². The topological polar surface area (TPSA) is 39.2 Å². The molecule has 0 fully saturated rings. The van der Waals surface area contributed by atoms with Crippen LogP contribution in [0.15, 0.2) is 47.1 Å². The molecule has 2 rings (SSSR count). The maximum absolute atomic E-state index is 11.4. The first kappa shape index (κ1) is 11.8. The molecule has 0 amide bonds. The molecule has 0 aliphatic carbocycles. The van der Waals surface area contributed by atoms with E-state index in [9.17, 15) is 4.79 Å². The maximum Gasteiger partial charge on any atom is 0.230 e. The molecule has 1 aromatic heterocycles. The number of para-hydroxylation sites is 1. The third-order valence-electron chi connectivity index (χ3n) is 2.19. The van der Waals surface area contributed by atoms with E-state index in [-0.39, 0.29) is 5.78 Å². The summed E-state index contributed by atoms with van der Waals surface area (Å²) in [5.41, 5.74) is 0.475. The summed E-state index contributed by atoms with van der Waals surface area (Å²) in [4.78, 5) is 15.5. The summed E-state index contributed by atoms with van der Waals surface area (Å²) >= 11 is 3.38. The largest absolute Gasteiger partial charge is 0.437 e. The highest BCUT2D eigenvalue weighted by atomic mass is 79.9. The molecule has 0 radical (unpaired) electrons. The van der Waals surface area contributed by atoms with E-state index in [1.165, 1.54) is 6.92 Å². The summed E-state index contributed by atoms with van der Waals surface area (Å²) in [5, 5.41) is 0. The molecule has 1 aromatic carbocycles. The Morgan fingerprint density at radius 1 is 1.24 bits per heavy atom. The molecule has 2 aromatic rings. The minimum absolute atomic E-state index is 0.0693. The van der Waals surface area contributed by atoms with Gasteiger partial charge in [0.05, 0.1) is 10.0 Å². The monoisotopic (exact) mass is 291 g/mol. The van der Waals surface area contributed by atoms with Crippen molar-refractivity contribution in [2.75, 3.05) is 0 Å². The number of benzene rings is 1. The zero-order chi connectivity index (χ0) is 12.3.